The van der Waals surface area contributed by atoms with Gasteiger partial charge in [-0.1, -0.05) is 18.6 Å². The van der Waals surface area contributed by atoms with Crippen LogP contribution in [0.3, 0.4) is 0 Å². The first-order chi connectivity index (χ1) is 15.1. The molecule has 1 fully saturated rings. The van der Waals surface area contributed by atoms with Crippen molar-refractivity contribution in [3.8, 4) is 11.4 Å². The van der Waals surface area contributed by atoms with Crippen LogP contribution in [0.1, 0.15) is 37.9 Å². The molecule has 1 N–H and O–H groups in total. The molecule has 4 heterocycles. The van der Waals surface area contributed by atoms with Crippen molar-refractivity contribution in [3.63, 3.8) is 0 Å². The van der Waals surface area contributed by atoms with Gasteiger partial charge in [0.25, 0.3) is 0 Å². The summed E-state index contributed by atoms with van der Waals surface area (Å²) in [5, 5.41) is 12.1. The van der Waals surface area contributed by atoms with Crippen LogP contribution in [-0.4, -0.2) is 45.6 Å². The molecule has 3 aromatic rings. The summed E-state index contributed by atoms with van der Waals surface area (Å²) >= 11 is 0. The Morgan fingerprint density at radius 2 is 1.74 bits per heavy atom. The molecule has 0 bridgehead atoms. The van der Waals surface area contributed by atoms with Crippen molar-refractivity contribution >= 4 is 21.5 Å². The van der Waals surface area contributed by atoms with Gasteiger partial charge in [-0.2, -0.15) is 4.31 Å². The molecule has 1 aromatic carbocycles. The summed E-state index contributed by atoms with van der Waals surface area (Å²) < 4.78 is 29.1. The van der Waals surface area contributed by atoms with Gasteiger partial charge in [0.05, 0.1) is 0 Å². The van der Waals surface area contributed by atoms with Gasteiger partial charge in [0, 0.05) is 43.5 Å². The van der Waals surface area contributed by atoms with Crippen molar-refractivity contribution < 1.29 is 8.42 Å². The van der Waals surface area contributed by atoms with Crippen LogP contribution in [-0.2, 0) is 23.0 Å². The van der Waals surface area contributed by atoms with Crippen molar-refractivity contribution in [3.05, 3.63) is 48.4 Å². The van der Waals surface area contributed by atoms with Gasteiger partial charge in [-0.25, -0.2) is 13.4 Å². The van der Waals surface area contributed by atoms with Gasteiger partial charge >= 0.3 is 0 Å². The molecule has 5 rings (SSSR count). The topological polar surface area (TPSA) is 93.0 Å². The van der Waals surface area contributed by atoms with Gasteiger partial charge in [0.15, 0.2) is 5.82 Å². The van der Waals surface area contributed by atoms with E-state index >= 15 is 0 Å². The zero-order valence-electron chi connectivity index (χ0n) is 17.4. The number of aromatic nitrogens is 4. The molecule has 0 aliphatic carbocycles. The van der Waals surface area contributed by atoms with E-state index < -0.39 is 10.0 Å². The number of aryl methyl sites for hydroxylation is 1. The minimum absolute atomic E-state index is 0.236. The number of anilines is 2. The van der Waals surface area contributed by atoms with E-state index in [9.17, 15) is 8.42 Å². The zero-order valence-corrected chi connectivity index (χ0v) is 18.2. The van der Waals surface area contributed by atoms with Crippen molar-refractivity contribution in [2.24, 2.45) is 0 Å². The highest BCUT2D eigenvalue weighted by atomic mass is 32.2. The second-order valence-electron chi connectivity index (χ2n) is 8.10. The molecule has 0 atom stereocenters. The van der Waals surface area contributed by atoms with E-state index in [4.69, 9.17) is 0 Å². The summed E-state index contributed by atoms with van der Waals surface area (Å²) in [6, 6.07) is 11.3. The molecular weight excluding hydrogens is 412 g/mol. The van der Waals surface area contributed by atoms with Crippen LogP contribution in [0.4, 0.5) is 11.5 Å². The molecule has 9 heteroatoms. The molecule has 2 aliphatic heterocycles. The first-order valence-corrected chi connectivity index (χ1v) is 12.3. The van der Waals surface area contributed by atoms with E-state index in [2.05, 4.69) is 25.1 Å². The molecule has 1 saturated heterocycles. The SMILES string of the molecule is O=S(=O)(c1ccc(Nc2cccc(-c3nnc4n3CCCCC4)c2)nc1)N1CCCC1. The number of nitrogens with one attached hydrogen (secondary N) is 1. The number of hydrogen-bond donors (Lipinski definition) is 1. The highest BCUT2D eigenvalue weighted by Gasteiger charge is 2.27. The van der Waals surface area contributed by atoms with Crippen LogP contribution in [0.5, 0.6) is 0 Å². The van der Waals surface area contributed by atoms with Crippen LogP contribution >= 0.6 is 0 Å². The lowest BCUT2D eigenvalue weighted by atomic mass is 10.2. The van der Waals surface area contributed by atoms with Crippen LogP contribution in [0.2, 0.25) is 0 Å². The zero-order chi connectivity index (χ0) is 21.3. The minimum atomic E-state index is -3.45. The molecule has 2 aromatic heterocycles. The van der Waals surface area contributed by atoms with E-state index in [1.165, 1.54) is 16.9 Å². The van der Waals surface area contributed by atoms with Gasteiger partial charge in [-0.15, -0.1) is 10.2 Å². The molecule has 0 spiro atoms. The third-order valence-corrected chi connectivity index (χ3v) is 7.82. The van der Waals surface area contributed by atoms with E-state index in [0.29, 0.717) is 18.9 Å². The standard InChI is InChI=1S/C22H26N6O2S/c29-31(30,27-12-4-5-13-27)19-10-11-20(23-16-19)24-18-8-6-7-17(15-18)22-26-25-21-9-2-1-3-14-28(21)22/h6-8,10-11,15-16H,1-5,9,12-14H2,(H,23,24). The predicted octanol–water partition coefficient (Wildman–Crippen LogP) is 3.59. The molecule has 162 valence electrons. The molecule has 31 heavy (non-hydrogen) atoms. The summed E-state index contributed by atoms with van der Waals surface area (Å²) in [6.45, 7) is 2.12. The Kier molecular flexibility index (Phi) is 5.45. The predicted molar refractivity (Wildman–Crippen MR) is 119 cm³/mol. The Morgan fingerprint density at radius 3 is 2.55 bits per heavy atom. The Balaban J connectivity index is 1.35. The molecule has 0 unspecified atom stereocenters. The fourth-order valence-corrected chi connectivity index (χ4v) is 5.73. The Hall–Kier alpha value is -2.78. The van der Waals surface area contributed by atoms with Crippen LogP contribution in [0, 0.1) is 0 Å². The average molecular weight is 439 g/mol. The average Bonchev–Trinajstić information content (AvgIpc) is 3.41. The second kappa shape index (κ2) is 8.39. The summed E-state index contributed by atoms with van der Waals surface area (Å²) in [6.07, 6.45) is 7.76. The first-order valence-electron chi connectivity index (χ1n) is 10.9. The summed E-state index contributed by atoms with van der Waals surface area (Å²) in [4.78, 5) is 4.57. The maximum absolute atomic E-state index is 12.7. The Bertz CT molecular complexity index is 1170. The largest absolute Gasteiger partial charge is 0.340 e. The van der Waals surface area contributed by atoms with Crippen molar-refractivity contribution in [1.29, 1.82) is 0 Å². The van der Waals surface area contributed by atoms with Crippen molar-refractivity contribution in [2.45, 2.75) is 50.0 Å². The van der Waals surface area contributed by atoms with Crippen molar-refractivity contribution in [1.82, 2.24) is 24.1 Å². The van der Waals surface area contributed by atoms with E-state index in [-0.39, 0.29) is 4.90 Å². The third kappa shape index (κ3) is 4.07. The molecule has 0 saturated carbocycles. The molecule has 0 radical (unpaired) electrons. The number of hydrogen-bond acceptors (Lipinski definition) is 6. The Labute approximate surface area is 182 Å². The van der Waals surface area contributed by atoms with Crippen LogP contribution in [0.15, 0.2) is 47.5 Å². The fraction of sp³-hybridized carbons (Fsp3) is 0.409. The van der Waals surface area contributed by atoms with Gasteiger partial charge < -0.3 is 9.88 Å². The van der Waals surface area contributed by atoms with Gasteiger partial charge in [-0.05, 0) is 49.9 Å². The lowest BCUT2D eigenvalue weighted by molar-refractivity contribution is 0.477. The quantitative estimate of drug-likeness (QED) is 0.654. The Morgan fingerprint density at radius 1 is 0.903 bits per heavy atom. The first kappa shape index (κ1) is 20.1. The number of fused-ring (bicyclic) bond motifs is 1. The fourth-order valence-electron chi connectivity index (χ4n) is 4.27. The van der Waals surface area contributed by atoms with Gasteiger partial charge in [0.1, 0.15) is 16.5 Å². The maximum atomic E-state index is 12.7. The lowest BCUT2D eigenvalue weighted by Gasteiger charge is -2.15. The number of pyridine rings is 1. The van der Waals surface area contributed by atoms with Crippen molar-refractivity contribution in [2.75, 3.05) is 18.4 Å². The molecular formula is C22H26N6O2S. The van der Waals surface area contributed by atoms with Gasteiger partial charge in [-0.3, -0.25) is 0 Å². The summed E-state index contributed by atoms with van der Waals surface area (Å²) in [5.41, 5.74) is 1.87. The molecule has 8 nitrogen and oxygen atoms in total. The number of sulfonamides is 1. The highest BCUT2D eigenvalue weighted by Crippen LogP contribution is 2.27. The monoisotopic (exact) mass is 438 g/mol. The van der Waals surface area contributed by atoms with E-state index in [1.54, 1.807) is 12.1 Å². The normalized spacial score (nSPS) is 17.3. The lowest BCUT2D eigenvalue weighted by Crippen LogP contribution is -2.27. The number of rotatable bonds is 5. The number of nitrogens with zero attached hydrogens (tertiary/aromatic N) is 5. The summed E-state index contributed by atoms with van der Waals surface area (Å²) in [7, 11) is -3.45. The number of benzene rings is 1. The third-order valence-electron chi connectivity index (χ3n) is 5.94. The van der Waals surface area contributed by atoms with Crippen LogP contribution < -0.4 is 5.32 Å². The van der Waals surface area contributed by atoms with Gasteiger partial charge in [0.2, 0.25) is 10.0 Å². The second-order valence-corrected chi connectivity index (χ2v) is 10.0. The minimum Gasteiger partial charge on any atom is -0.340 e. The highest BCUT2D eigenvalue weighted by molar-refractivity contribution is 7.89. The summed E-state index contributed by atoms with van der Waals surface area (Å²) in [5.74, 6) is 2.54. The maximum Gasteiger partial charge on any atom is 0.244 e. The van der Waals surface area contributed by atoms with E-state index in [1.807, 2.05) is 24.3 Å². The molecule has 0 amide bonds. The van der Waals surface area contributed by atoms with E-state index in [0.717, 1.165) is 61.5 Å². The smallest absolute Gasteiger partial charge is 0.244 e. The molecule has 2 aliphatic rings. The van der Waals surface area contributed by atoms with Crippen LogP contribution in [0.25, 0.3) is 11.4 Å².